The Hall–Kier alpha value is -13.9. The van der Waals surface area contributed by atoms with E-state index in [0.717, 1.165) is 55.0 Å². The molecule has 0 saturated carbocycles. The first-order chi connectivity index (χ1) is 57.8. The highest BCUT2D eigenvalue weighted by molar-refractivity contribution is 6.62. The first kappa shape index (κ1) is 71.8. The summed E-state index contributed by atoms with van der Waals surface area (Å²) >= 11 is 5.91. The van der Waals surface area contributed by atoms with E-state index < -0.39 is 18.3 Å². The molecule has 118 heavy (non-hydrogen) atoms. The minimum absolute atomic E-state index is 0.397. The Kier molecular flexibility index (Phi) is 17.9. The SMILES string of the molecule is CC1(C)OB(c2cccc(-c3ccc4c(-c5ccc6ccccc6c5)c5ccccc5c(-c5ccc6ccccc6c5)c4c3)c2)OC1(C)C.Clc1ccc2ccc3ccccc3c2n1.c1cc(-c2ccc3c(-c4ccc5ccccc5c4)c4ccccc4c(-c4ccc5ccccc5c4)c3c2)cc(-c2ccc3ccc4ccccc4c3n2)c1. The van der Waals surface area contributed by atoms with E-state index in [1.807, 2.05) is 24.3 Å². The second kappa shape index (κ2) is 29.4. The lowest BCUT2D eigenvalue weighted by Crippen LogP contribution is -2.41. The normalized spacial score (nSPS) is 13.2. The van der Waals surface area contributed by atoms with Crippen LogP contribution < -0.4 is 5.46 Å². The maximum absolute atomic E-state index is 6.44. The number of hydrogen-bond donors (Lipinski definition) is 0. The lowest BCUT2D eigenvalue weighted by Gasteiger charge is -2.32. The predicted molar refractivity (Wildman–Crippen MR) is 504 cm³/mol. The standard InChI is InChI=1S/C53H33N.C46H37BO2.C13H8ClN/c1-3-13-38-31-43(24-20-34(38)10-1)51-46-18-7-8-19-47(46)52(44-25-21-35-11-2-4-14-39(35)32-44)49-33-41(26-28-48(49)51)40-15-9-16-42(30-40)50-29-27-37-23-22-36-12-5-6-17-45(36)53(37)54-50;1-45(2)46(3,4)49-47(48-45)38-17-11-16-34(28-38)35-24-25-41-42(29-35)44(37-23-21-31-13-6-8-15-33(31)27-37)40-19-10-9-18-39(40)43(41)36-22-20-30-12-5-7-14-32(30)26-36;14-12-8-7-10-6-5-9-3-1-2-4-11(9)13(10)15-12/h1-33H;5-29H,1-4H3;1-8H. The van der Waals surface area contributed by atoms with E-state index in [-0.39, 0.29) is 0 Å². The zero-order chi connectivity index (χ0) is 79.2. The second-order valence-electron chi connectivity index (χ2n) is 32.2. The molecule has 0 N–H and O–H groups in total. The van der Waals surface area contributed by atoms with Gasteiger partial charge in [0.15, 0.2) is 0 Å². The van der Waals surface area contributed by atoms with E-state index in [1.54, 1.807) is 0 Å². The molecule has 22 aromatic rings. The highest BCUT2D eigenvalue weighted by Gasteiger charge is 2.51. The van der Waals surface area contributed by atoms with Crippen LogP contribution in [0.4, 0.5) is 0 Å². The zero-order valence-corrected chi connectivity index (χ0v) is 66.5. The van der Waals surface area contributed by atoms with E-state index >= 15 is 0 Å². The van der Waals surface area contributed by atoms with Gasteiger partial charge in [0.2, 0.25) is 0 Å². The van der Waals surface area contributed by atoms with Crippen molar-refractivity contribution in [1.82, 2.24) is 9.97 Å². The maximum atomic E-state index is 6.44. The average molecular weight is 1530 g/mol. The molecule has 20 aromatic carbocycles. The molecule has 1 aliphatic heterocycles. The number of nitrogens with zero attached hydrogens (tertiary/aromatic N) is 2. The molecule has 6 heteroatoms. The smallest absolute Gasteiger partial charge is 0.399 e. The summed E-state index contributed by atoms with van der Waals surface area (Å²) in [4.78, 5) is 9.61. The third-order valence-electron chi connectivity index (χ3n) is 24.6. The van der Waals surface area contributed by atoms with Gasteiger partial charge in [0, 0.05) is 27.1 Å². The predicted octanol–water partition coefficient (Wildman–Crippen LogP) is 30.3. The molecule has 23 rings (SSSR count). The number of aromatic nitrogens is 2. The topological polar surface area (TPSA) is 44.2 Å². The molecule has 0 aliphatic carbocycles. The Bertz CT molecular complexity index is 7810. The fraction of sp³-hybridized carbons (Fsp3) is 0.0536. The number of benzene rings is 20. The third kappa shape index (κ3) is 13.0. The number of pyridine rings is 2. The van der Waals surface area contributed by atoms with E-state index in [0.29, 0.717) is 5.15 Å². The molecule has 0 spiro atoms. The Labute approximate surface area is 690 Å². The fourth-order valence-electron chi connectivity index (χ4n) is 17.9. The van der Waals surface area contributed by atoms with Crippen LogP contribution in [0.5, 0.6) is 0 Å². The number of halogens is 1. The molecule has 1 fully saturated rings. The average Bonchev–Trinajstić information content (AvgIpc) is 1.20. The van der Waals surface area contributed by atoms with Crippen molar-refractivity contribution in [3.05, 3.63) is 406 Å². The summed E-state index contributed by atoms with van der Waals surface area (Å²) in [5.74, 6) is 0. The van der Waals surface area contributed by atoms with Gasteiger partial charge >= 0.3 is 7.12 Å². The molecule has 0 bridgehead atoms. The van der Waals surface area contributed by atoms with Gasteiger partial charge < -0.3 is 9.31 Å². The highest BCUT2D eigenvalue weighted by atomic mass is 35.5. The van der Waals surface area contributed by atoms with Crippen LogP contribution in [0.2, 0.25) is 5.15 Å². The van der Waals surface area contributed by atoms with E-state index in [2.05, 4.69) is 409 Å². The van der Waals surface area contributed by atoms with Crippen molar-refractivity contribution >= 4 is 154 Å². The van der Waals surface area contributed by atoms with Gasteiger partial charge in [0.25, 0.3) is 0 Å². The van der Waals surface area contributed by atoms with Gasteiger partial charge in [-0.25, -0.2) is 9.97 Å². The Balaban J connectivity index is 0.000000125. The molecule has 0 amide bonds. The largest absolute Gasteiger partial charge is 0.494 e. The van der Waals surface area contributed by atoms with Crippen LogP contribution in [0, 0.1) is 0 Å². The summed E-state index contributed by atoms with van der Waals surface area (Å²) in [5, 5.41) is 27.5. The molecule has 558 valence electrons. The lowest BCUT2D eigenvalue weighted by atomic mass is 9.77. The van der Waals surface area contributed by atoms with Gasteiger partial charge in [-0.1, -0.05) is 351 Å². The van der Waals surface area contributed by atoms with Crippen LogP contribution in [0.3, 0.4) is 0 Å². The van der Waals surface area contributed by atoms with Gasteiger partial charge in [0.05, 0.1) is 27.9 Å². The van der Waals surface area contributed by atoms with Gasteiger partial charge in [-0.3, -0.25) is 0 Å². The number of rotatable bonds is 8. The molecule has 0 radical (unpaired) electrons. The summed E-state index contributed by atoms with van der Waals surface area (Å²) in [6, 6.07) is 145. The molecule has 1 saturated heterocycles. The van der Waals surface area contributed by atoms with Crippen molar-refractivity contribution in [1.29, 1.82) is 0 Å². The van der Waals surface area contributed by atoms with Crippen LogP contribution >= 0.6 is 11.6 Å². The molecule has 4 nitrogen and oxygen atoms in total. The Morgan fingerprint density at radius 2 is 0.508 bits per heavy atom. The summed E-state index contributed by atoms with van der Waals surface area (Å²) in [5.41, 5.74) is 18.9. The van der Waals surface area contributed by atoms with Crippen LogP contribution in [-0.2, 0) is 9.31 Å². The maximum Gasteiger partial charge on any atom is 0.494 e. The Morgan fingerprint density at radius 1 is 0.212 bits per heavy atom. The quantitative estimate of drug-likeness (QED) is 0.0658. The van der Waals surface area contributed by atoms with Crippen molar-refractivity contribution in [2.24, 2.45) is 0 Å². The molecule has 1 aliphatic rings. The van der Waals surface area contributed by atoms with Crippen molar-refractivity contribution in [3.8, 4) is 78.0 Å². The molecule has 0 unspecified atom stereocenters. The summed E-state index contributed by atoms with van der Waals surface area (Å²) < 4.78 is 12.9. The second-order valence-corrected chi connectivity index (χ2v) is 32.6. The summed E-state index contributed by atoms with van der Waals surface area (Å²) in [6.07, 6.45) is 0. The monoisotopic (exact) mass is 1530 g/mol. The van der Waals surface area contributed by atoms with E-state index in [1.165, 1.54) is 158 Å². The van der Waals surface area contributed by atoms with Gasteiger partial charge in [0.1, 0.15) is 5.15 Å². The number of fused-ring (bicyclic) bond motifs is 14. The van der Waals surface area contributed by atoms with Crippen molar-refractivity contribution in [2.45, 2.75) is 38.9 Å². The molecular formula is C112H78BClN2O2. The molecule has 2 aromatic heterocycles. The molecular weight excluding hydrogens is 1450 g/mol. The van der Waals surface area contributed by atoms with Crippen LogP contribution in [0.1, 0.15) is 27.7 Å². The zero-order valence-electron chi connectivity index (χ0n) is 65.8. The minimum Gasteiger partial charge on any atom is -0.399 e. The third-order valence-corrected chi connectivity index (χ3v) is 24.8. The molecule has 3 heterocycles. The first-order valence-corrected chi connectivity index (χ1v) is 41.0. The Morgan fingerprint density at radius 3 is 0.941 bits per heavy atom. The summed E-state index contributed by atoms with van der Waals surface area (Å²) in [6.45, 7) is 8.41. The van der Waals surface area contributed by atoms with Crippen molar-refractivity contribution in [3.63, 3.8) is 0 Å². The minimum atomic E-state index is -0.415. The van der Waals surface area contributed by atoms with Crippen molar-refractivity contribution < 1.29 is 9.31 Å². The van der Waals surface area contributed by atoms with Gasteiger partial charge in [-0.2, -0.15) is 0 Å². The molecule has 0 atom stereocenters. The van der Waals surface area contributed by atoms with Gasteiger partial charge in [-0.05, 0) is 258 Å². The lowest BCUT2D eigenvalue weighted by molar-refractivity contribution is 0.00578. The van der Waals surface area contributed by atoms with E-state index in [4.69, 9.17) is 25.9 Å². The first-order valence-electron chi connectivity index (χ1n) is 40.6. The van der Waals surface area contributed by atoms with Crippen LogP contribution in [0.15, 0.2) is 400 Å². The van der Waals surface area contributed by atoms with Crippen molar-refractivity contribution in [2.75, 3.05) is 0 Å². The van der Waals surface area contributed by atoms with E-state index in [9.17, 15) is 0 Å². The fourth-order valence-corrected chi connectivity index (χ4v) is 18.0. The van der Waals surface area contributed by atoms with Crippen LogP contribution in [-0.4, -0.2) is 28.3 Å². The van der Waals surface area contributed by atoms with Gasteiger partial charge in [-0.15, -0.1) is 0 Å². The summed E-state index contributed by atoms with van der Waals surface area (Å²) in [7, 11) is -0.415. The van der Waals surface area contributed by atoms with Crippen LogP contribution in [0.25, 0.3) is 208 Å². The highest BCUT2D eigenvalue weighted by Crippen LogP contribution is 2.49. The number of hydrogen-bond acceptors (Lipinski definition) is 4.